The van der Waals surface area contributed by atoms with Crippen LogP contribution in [0.15, 0.2) is 22.7 Å². The molecule has 0 aromatic heterocycles. The molecule has 4 nitrogen and oxygen atoms in total. The van der Waals surface area contributed by atoms with Crippen molar-refractivity contribution in [1.29, 1.82) is 0 Å². The van der Waals surface area contributed by atoms with Crippen LogP contribution >= 0.6 is 15.9 Å². The smallest absolute Gasteiger partial charge is 0.0637 e. The molecule has 0 spiro atoms. The fraction of sp³-hybridized carbons (Fsp3) is 0.571. The highest BCUT2D eigenvalue weighted by atomic mass is 79.9. The maximum Gasteiger partial charge on any atom is 0.0637 e. The summed E-state index contributed by atoms with van der Waals surface area (Å²) in [6.07, 6.45) is 0. The molecule has 0 unspecified atom stereocenters. The fourth-order valence-corrected chi connectivity index (χ4v) is 2.47. The third-order valence-electron chi connectivity index (χ3n) is 2.97. The Morgan fingerprint density at radius 2 is 1.79 bits per heavy atom. The molecule has 1 aromatic rings. The highest BCUT2D eigenvalue weighted by Gasteiger charge is 2.11. The number of halogens is 1. The van der Waals surface area contributed by atoms with E-state index in [-0.39, 0.29) is 6.04 Å². The van der Waals surface area contributed by atoms with Gasteiger partial charge in [0.15, 0.2) is 0 Å². The van der Waals surface area contributed by atoms with Gasteiger partial charge in [0.05, 0.1) is 18.9 Å². The van der Waals surface area contributed by atoms with Crippen LogP contribution in [0, 0.1) is 0 Å². The van der Waals surface area contributed by atoms with Crippen molar-refractivity contribution in [2.45, 2.75) is 13.0 Å². The number of nitrogens with two attached hydrogens (primary N) is 1. The van der Waals surface area contributed by atoms with Gasteiger partial charge >= 0.3 is 0 Å². The predicted molar refractivity (Wildman–Crippen MR) is 82.7 cm³/mol. The average molecular weight is 331 g/mol. The van der Waals surface area contributed by atoms with Crippen LogP contribution in [-0.2, 0) is 9.47 Å². The first-order valence-corrected chi connectivity index (χ1v) is 7.17. The molecule has 0 radical (unpaired) electrons. The minimum atomic E-state index is 0.0387. The summed E-state index contributed by atoms with van der Waals surface area (Å²) in [4.78, 5) is 2.24. The first-order valence-electron chi connectivity index (χ1n) is 6.38. The zero-order chi connectivity index (χ0) is 14.3. The number of rotatable bonds is 8. The summed E-state index contributed by atoms with van der Waals surface area (Å²) in [6.45, 7) is 5.01. The number of benzene rings is 1. The molecule has 0 amide bonds. The van der Waals surface area contributed by atoms with Gasteiger partial charge in [0.2, 0.25) is 0 Å². The van der Waals surface area contributed by atoms with Gasteiger partial charge in [0.1, 0.15) is 0 Å². The van der Waals surface area contributed by atoms with Gasteiger partial charge in [-0.15, -0.1) is 0 Å². The lowest BCUT2D eigenvalue weighted by molar-refractivity contribution is 0.190. The lowest BCUT2D eigenvalue weighted by atomic mass is 10.1. The molecule has 19 heavy (non-hydrogen) atoms. The Bertz CT molecular complexity index is 378. The number of nitrogens with zero attached hydrogens (tertiary/aromatic N) is 1. The number of anilines is 1. The predicted octanol–water partition coefficient (Wildman–Crippen LogP) is 2.57. The third-order valence-corrected chi connectivity index (χ3v) is 3.60. The highest BCUT2D eigenvalue weighted by Crippen LogP contribution is 2.28. The Balaban J connectivity index is 2.87. The van der Waals surface area contributed by atoms with E-state index < -0.39 is 0 Å². The molecular weight excluding hydrogens is 308 g/mol. The third kappa shape index (κ3) is 5.10. The monoisotopic (exact) mass is 330 g/mol. The molecule has 1 atom stereocenters. The van der Waals surface area contributed by atoms with Gasteiger partial charge in [0.25, 0.3) is 0 Å². The lowest BCUT2D eigenvalue weighted by Gasteiger charge is -2.26. The topological polar surface area (TPSA) is 47.7 Å². The van der Waals surface area contributed by atoms with Crippen LogP contribution < -0.4 is 10.6 Å². The molecule has 0 saturated carbocycles. The molecule has 2 N–H and O–H groups in total. The van der Waals surface area contributed by atoms with Crippen LogP contribution in [0.2, 0.25) is 0 Å². The minimum absolute atomic E-state index is 0.0387. The van der Waals surface area contributed by atoms with Crippen LogP contribution in [0.5, 0.6) is 0 Å². The van der Waals surface area contributed by atoms with Crippen LogP contribution in [0.1, 0.15) is 18.5 Å². The van der Waals surface area contributed by atoms with Crippen molar-refractivity contribution in [3.05, 3.63) is 28.2 Å². The van der Waals surface area contributed by atoms with E-state index in [2.05, 4.69) is 39.0 Å². The summed E-state index contributed by atoms with van der Waals surface area (Å²) in [5, 5.41) is 0. The molecule has 0 aliphatic rings. The largest absolute Gasteiger partial charge is 0.383 e. The van der Waals surface area contributed by atoms with Crippen molar-refractivity contribution in [2.75, 3.05) is 45.4 Å². The summed E-state index contributed by atoms with van der Waals surface area (Å²) >= 11 is 3.62. The maximum absolute atomic E-state index is 5.89. The number of hydrogen-bond donors (Lipinski definition) is 1. The van der Waals surface area contributed by atoms with Gasteiger partial charge in [-0.25, -0.2) is 0 Å². The van der Waals surface area contributed by atoms with Crippen LogP contribution in [0.4, 0.5) is 5.69 Å². The zero-order valence-corrected chi connectivity index (χ0v) is 13.4. The van der Waals surface area contributed by atoms with E-state index in [1.165, 1.54) is 0 Å². The van der Waals surface area contributed by atoms with E-state index >= 15 is 0 Å². The molecule has 0 heterocycles. The number of ether oxygens (including phenoxy) is 2. The van der Waals surface area contributed by atoms with Crippen LogP contribution in [-0.4, -0.2) is 40.5 Å². The van der Waals surface area contributed by atoms with Gasteiger partial charge < -0.3 is 20.1 Å². The molecule has 0 fully saturated rings. The first-order chi connectivity index (χ1) is 9.10. The second kappa shape index (κ2) is 8.53. The van der Waals surface area contributed by atoms with Crippen molar-refractivity contribution >= 4 is 21.6 Å². The first kappa shape index (κ1) is 16.4. The van der Waals surface area contributed by atoms with E-state index in [0.29, 0.717) is 13.2 Å². The molecular formula is C14H23BrN2O2. The molecule has 1 rings (SSSR count). The van der Waals surface area contributed by atoms with Gasteiger partial charge in [-0.2, -0.15) is 0 Å². The molecule has 0 bridgehead atoms. The van der Waals surface area contributed by atoms with Gasteiger partial charge in [-0.05, 0) is 40.5 Å². The van der Waals surface area contributed by atoms with Crippen LogP contribution in [0.3, 0.4) is 0 Å². The fourth-order valence-electron chi connectivity index (χ4n) is 1.82. The van der Waals surface area contributed by atoms with Crippen molar-refractivity contribution in [2.24, 2.45) is 5.73 Å². The highest BCUT2D eigenvalue weighted by molar-refractivity contribution is 9.10. The molecule has 5 heteroatoms. The van der Waals surface area contributed by atoms with E-state index in [1.807, 2.05) is 6.92 Å². The second-order valence-electron chi connectivity index (χ2n) is 4.47. The quantitative estimate of drug-likeness (QED) is 0.795. The summed E-state index contributed by atoms with van der Waals surface area (Å²) in [5.41, 5.74) is 8.15. The van der Waals surface area contributed by atoms with Crippen LogP contribution in [0.25, 0.3) is 0 Å². The van der Waals surface area contributed by atoms with Crippen molar-refractivity contribution in [3.63, 3.8) is 0 Å². The van der Waals surface area contributed by atoms with Crippen molar-refractivity contribution in [1.82, 2.24) is 0 Å². The molecule has 108 valence electrons. The molecule has 0 aliphatic heterocycles. The molecule has 1 aromatic carbocycles. The van der Waals surface area contributed by atoms with E-state index in [1.54, 1.807) is 14.2 Å². The Morgan fingerprint density at radius 3 is 2.21 bits per heavy atom. The maximum atomic E-state index is 5.89. The summed E-state index contributed by atoms with van der Waals surface area (Å²) < 4.78 is 11.4. The summed E-state index contributed by atoms with van der Waals surface area (Å²) in [6, 6.07) is 6.27. The Morgan fingerprint density at radius 1 is 1.21 bits per heavy atom. The Kier molecular flexibility index (Phi) is 7.38. The standard InChI is InChI=1S/C14H23BrN2O2/c1-11(16)12-4-5-14(13(15)10-12)17(6-8-18-2)7-9-19-3/h4-5,10-11H,6-9,16H2,1-3H3/t11-/m1/s1. The Labute approximate surface area is 124 Å². The van der Waals surface area contributed by atoms with Crippen molar-refractivity contribution in [3.8, 4) is 0 Å². The van der Waals surface area contributed by atoms with E-state index in [4.69, 9.17) is 15.2 Å². The van der Waals surface area contributed by atoms with Gasteiger partial charge in [-0.3, -0.25) is 0 Å². The normalized spacial score (nSPS) is 12.5. The SMILES string of the molecule is COCCN(CCOC)c1ccc([C@@H](C)N)cc1Br. The van der Waals surface area contributed by atoms with E-state index in [9.17, 15) is 0 Å². The van der Waals surface area contributed by atoms with Gasteiger partial charge in [0, 0.05) is 37.8 Å². The average Bonchev–Trinajstić information content (AvgIpc) is 2.39. The number of hydrogen-bond acceptors (Lipinski definition) is 4. The summed E-state index contributed by atoms with van der Waals surface area (Å²) in [5.74, 6) is 0. The molecule has 0 saturated heterocycles. The van der Waals surface area contributed by atoms with Crippen molar-refractivity contribution < 1.29 is 9.47 Å². The van der Waals surface area contributed by atoms with Gasteiger partial charge in [-0.1, -0.05) is 6.07 Å². The lowest BCUT2D eigenvalue weighted by Crippen LogP contribution is -2.31. The Hall–Kier alpha value is -0.620. The minimum Gasteiger partial charge on any atom is -0.383 e. The number of methoxy groups -OCH3 is 2. The molecule has 0 aliphatic carbocycles. The zero-order valence-electron chi connectivity index (χ0n) is 11.9. The summed E-state index contributed by atoms with van der Waals surface area (Å²) in [7, 11) is 3.42. The van der Waals surface area contributed by atoms with E-state index in [0.717, 1.165) is 28.8 Å². The second-order valence-corrected chi connectivity index (χ2v) is 5.33.